The lowest BCUT2D eigenvalue weighted by atomic mass is 10.3. The molecule has 0 aromatic carbocycles. The highest BCUT2D eigenvalue weighted by atomic mass is 35.5. The molecule has 9 heteroatoms. The smallest absolute Gasteiger partial charge is 0.271 e. The van der Waals surface area contributed by atoms with Gasteiger partial charge in [-0.15, -0.1) is 0 Å². The van der Waals surface area contributed by atoms with Crippen LogP contribution in [0, 0.1) is 6.92 Å². The summed E-state index contributed by atoms with van der Waals surface area (Å²) in [5, 5.41) is 14.0. The Morgan fingerprint density at radius 3 is 2.65 bits per heavy atom. The second-order valence-electron chi connectivity index (χ2n) is 5.07. The molecule has 0 aliphatic carbocycles. The summed E-state index contributed by atoms with van der Waals surface area (Å²) in [5.41, 5.74) is 1.37. The highest BCUT2D eigenvalue weighted by Crippen LogP contribution is 2.16. The van der Waals surface area contributed by atoms with E-state index in [1.165, 1.54) is 21.8 Å². The maximum atomic E-state index is 12.2. The Morgan fingerprint density at radius 2 is 2.04 bits per heavy atom. The fourth-order valence-corrected chi connectivity index (χ4v) is 2.17. The number of anilines is 1. The summed E-state index contributed by atoms with van der Waals surface area (Å²) in [6.07, 6.45) is 3.75. The van der Waals surface area contributed by atoms with Gasteiger partial charge in [0, 0.05) is 13.6 Å². The molecule has 124 valence electrons. The lowest BCUT2D eigenvalue weighted by molar-refractivity contribution is -0.116. The molecule has 0 fully saturated rings. The number of amides is 2. The Balaban J connectivity index is 2.09. The summed E-state index contributed by atoms with van der Waals surface area (Å²) < 4.78 is 2.92. The predicted molar refractivity (Wildman–Crippen MR) is 86.4 cm³/mol. The molecule has 8 nitrogen and oxygen atoms in total. The van der Waals surface area contributed by atoms with Crippen molar-refractivity contribution in [1.29, 1.82) is 0 Å². The Kier molecular flexibility index (Phi) is 5.38. The second kappa shape index (κ2) is 7.28. The van der Waals surface area contributed by atoms with E-state index in [1.807, 2.05) is 6.92 Å². The quantitative estimate of drug-likeness (QED) is 0.831. The van der Waals surface area contributed by atoms with E-state index in [9.17, 15) is 9.59 Å². The lowest BCUT2D eigenvalue weighted by Crippen LogP contribution is -2.28. The van der Waals surface area contributed by atoms with Gasteiger partial charge in [-0.3, -0.25) is 19.0 Å². The maximum absolute atomic E-state index is 12.2. The van der Waals surface area contributed by atoms with E-state index in [4.69, 9.17) is 11.6 Å². The summed E-state index contributed by atoms with van der Waals surface area (Å²) in [6.45, 7) is 4.30. The highest BCUT2D eigenvalue weighted by molar-refractivity contribution is 6.31. The molecule has 2 rings (SSSR count). The van der Waals surface area contributed by atoms with Crippen LogP contribution < -0.4 is 10.6 Å². The van der Waals surface area contributed by atoms with E-state index in [-0.39, 0.29) is 18.4 Å². The summed E-state index contributed by atoms with van der Waals surface area (Å²) in [6, 6.07) is 0. The molecule has 0 spiro atoms. The maximum Gasteiger partial charge on any atom is 0.271 e. The number of nitrogens with zero attached hydrogens (tertiary/aromatic N) is 4. The molecule has 0 radical (unpaired) electrons. The van der Waals surface area contributed by atoms with Crippen molar-refractivity contribution in [1.82, 2.24) is 24.9 Å². The van der Waals surface area contributed by atoms with Crippen LogP contribution >= 0.6 is 11.6 Å². The SMILES string of the molecule is CCCNC(=O)c1c(NC(=O)Cn2ncc(Cl)c2C)cnn1C. The van der Waals surface area contributed by atoms with Crippen molar-refractivity contribution < 1.29 is 9.59 Å². The molecule has 2 N–H and O–H groups in total. The van der Waals surface area contributed by atoms with Crippen LogP contribution in [0.1, 0.15) is 29.5 Å². The third-order valence-corrected chi connectivity index (χ3v) is 3.67. The zero-order chi connectivity index (χ0) is 17.0. The number of nitrogens with one attached hydrogen (secondary N) is 2. The first kappa shape index (κ1) is 17.0. The van der Waals surface area contributed by atoms with Gasteiger partial charge in [-0.1, -0.05) is 18.5 Å². The van der Waals surface area contributed by atoms with Gasteiger partial charge >= 0.3 is 0 Å². The van der Waals surface area contributed by atoms with Crippen LogP contribution in [0.4, 0.5) is 5.69 Å². The topological polar surface area (TPSA) is 93.8 Å². The van der Waals surface area contributed by atoms with Crippen LogP contribution in [0.25, 0.3) is 0 Å². The van der Waals surface area contributed by atoms with E-state index in [2.05, 4.69) is 20.8 Å². The highest BCUT2D eigenvalue weighted by Gasteiger charge is 2.18. The molecule has 0 saturated heterocycles. The molecular formula is C14H19ClN6O2. The van der Waals surface area contributed by atoms with E-state index < -0.39 is 0 Å². The molecule has 2 aromatic heterocycles. The molecular weight excluding hydrogens is 320 g/mol. The fraction of sp³-hybridized carbons (Fsp3) is 0.429. The second-order valence-corrected chi connectivity index (χ2v) is 5.48. The summed E-state index contributed by atoms with van der Waals surface area (Å²) in [5.74, 6) is -0.592. The first-order chi connectivity index (χ1) is 10.9. The minimum Gasteiger partial charge on any atom is -0.351 e. The molecule has 0 atom stereocenters. The number of carbonyl (C=O) groups excluding carboxylic acids is 2. The number of carbonyl (C=O) groups is 2. The number of hydrogen-bond donors (Lipinski definition) is 2. The summed E-state index contributed by atoms with van der Waals surface area (Å²) >= 11 is 5.91. The van der Waals surface area contributed by atoms with Gasteiger partial charge in [0.15, 0.2) is 0 Å². The van der Waals surface area contributed by atoms with Crippen molar-refractivity contribution in [2.24, 2.45) is 7.05 Å². The van der Waals surface area contributed by atoms with E-state index >= 15 is 0 Å². The molecule has 2 aromatic rings. The molecule has 0 bridgehead atoms. The van der Waals surface area contributed by atoms with Gasteiger partial charge in [0.25, 0.3) is 5.91 Å². The molecule has 0 aliphatic heterocycles. The Hall–Kier alpha value is -2.35. The van der Waals surface area contributed by atoms with E-state index in [1.54, 1.807) is 14.0 Å². The number of halogens is 1. The molecule has 2 heterocycles. The Bertz CT molecular complexity index is 721. The van der Waals surface area contributed by atoms with Crippen molar-refractivity contribution in [3.8, 4) is 0 Å². The van der Waals surface area contributed by atoms with Gasteiger partial charge in [-0.25, -0.2) is 0 Å². The van der Waals surface area contributed by atoms with Crippen LogP contribution in [0.5, 0.6) is 0 Å². The van der Waals surface area contributed by atoms with Crippen LogP contribution in [-0.2, 0) is 18.4 Å². The number of hydrogen-bond acceptors (Lipinski definition) is 4. The third kappa shape index (κ3) is 3.89. The van der Waals surface area contributed by atoms with Crippen LogP contribution in [0.3, 0.4) is 0 Å². The van der Waals surface area contributed by atoms with Crippen LogP contribution in [0.2, 0.25) is 5.02 Å². The number of aromatic nitrogens is 4. The molecule has 2 amide bonds. The molecule has 0 aliphatic rings. The zero-order valence-electron chi connectivity index (χ0n) is 13.3. The Morgan fingerprint density at radius 1 is 1.30 bits per heavy atom. The minimum absolute atomic E-state index is 0.00344. The predicted octanol–water partition coefficient (Wildman–Crippen LogP) is 1.36. The van der Waals surface area contributed by atoms with Crippen molar-refractivity contribution >= 4 is 29.1 Å². The Labute approximate surface area is 138 Å². The van der Waals surface area contributed by atoms with E-state index in [0.29, 0.717) is 28.6 Å². The van der Waals surface area contributed by atoms with Crippen LogP contribution in [0.15, 0.2) is 12.4 Å². The van der Waals surface area contributed by atoms with Crippen LogP contribution in [-0.4, -0.2) is 37.9 Å². The average Bonchev–Trinajstić information content (AvgIpc) is 3.02. The monoisotopic (exact) mass is 338 g/mol. The first-order valence-corrected chi connectivity index (χ1v) is 7.59. The number of rotatable bonds is 6. The van der Waals surface area contributed by atoms with Gasteiger partial charge in [0.1, 0.15) is 12.2 Å². The van der Waals surface area contributed by atoms with E-state index in [0.717, 1.165) is 6.42 Å². The van der Waals surface area contributed by atoms with Gasteiger partial charge in [0.05, 0.1) is 28.8 Å². The first-order valence-electron chi connectivity index (χ1n) is 7.22. The number of aryl methyl sites for hydroxylation is 1. The summed E-state index contributed by atoms with van der Waals surface area (Å²) in [4.78, 5) is 24.3. The standard InChI is InChI=1S/C14H19ClN6O2/c1-4-5-16-14(23)13-11(7-17-20(13)3)19-12(22)8-21-9(2)10(15)6-18-21/h6-7H,4-5,8H2,1-3H3,(H,16,23)(H,19,22). The largest absolute Gasteiger partial charge is 0.351 e. The van der Waals surface area contributed by atoms with Crippen molar-refractivity contribution in [3.05, 3.63) is 28.8 Å². The zero-order valence-corrected chi connectivity index (χ0v) is 14.0. The summed E-state index contributed by atoms with van der Waals surface area (Å²) in [7, 11) is 1.65. The van der Waals surface area contributed by atoms with Gasteiger partial charge in [0.2, 0.25) is 5.91 Å². The van der Waals surface area contributed by atoms with Crippen molar-refractivity contribution in [3.63, 3.8) is 0 Å². The van der Waals surface area contributed by atoms with Crippen molar-refractivity contribution in [2.75, 3.05) is 11.9 Å². The molecule has 23 heavy (non-hydrogen) atoms. The lowest BCUT2D eigenvalue weighted by Gasteiger charge is -2.09. The molecule has 0 unspecified atom stereocenters. The normalized spacial score (nSPS) is 10.6. The fourth-order valence-electron chi connectivity index (χ4n) is 2.03. The van der Waals surface area contributed by atoms with Gasteiger partial charge < -0.3 is 10.6 Å². The van der Waals surface area contributed by atoms with Crippen molar-refractivity contribution in [2.45, 2.75) is 26.8 Å². The molecule has 0 saturated carbocycles. The minimum atomic E-state index is -0.314. The third-order valence-electron chi connectivity index (χ3n) is 3.30. The average molecular weight is 339 g/mol. The van der Waals surface area contributed by atoms with Gasteiger partial charge in [-0.2, -0.15) is 10.2 Å². The van der Waals surface area contributed by atoms with Gasteiger partial charge in [-0.05, 0) is 13.3 Å².